The fraction of sp³-hybridized carbons (Fsp3) is 0.350. The molecule has 2 aromatic carbocycles. The van der Waals surface area contributed by atoms with Gasteiger partial charge < -0.3 is 15.4 Å². The zero-order chi connectivity index (χ0) is 20.8. The fourth-order valence-electron chi connectivity index (χ4n) is 3.03. The van der Waals surface area contributed by atoms with Crippen LogP contribution in [0.25, 0.3) is 0 Å². The summed E-state index contributed by atoms with van der Waals surface area (Å²) in [6.45, 7) is 5.90. The highest BCUT2D eigenvalue weighted by Gasteiger charge is 2.22. The number of rotatable bonds is 8. The summed E-state index contributed by atoms with van der Waals surface area (Å²) in [4.78, 5) is 23.0. The lowest BCUT2D eigenvalue weighted by Gasteiger charge is -2.19. The normalized spacial score (nSPS) is 11.9. The fourth-order valence-corrected chi connectivity index (χ4v) is 3.03. The number of carbonyl (C=O) groups excluding carboxylic acids is 1. The Morgan fingerprint density at radius 1 is 1.29 bits per heavy atom. The Morgan fingerprint density at radius 3 is 2.46 bits per heavy atom. The van der Waals surface area contributed by atoms with E-state index in [1.165, 1.54) is 31.4 Å². The number of nitro groups is 1. The maximum atomic E-state index is 13.2. The van der Waals surface area contributed by atoms with E-state index in [0.29, 0.717) is 11.3 Å². The van der Waals surface area contributed by atoms with Crippen LogP contribution in [-0.2, 0) is 4.79 Å². The average molecular weight is 390 g/mol. The van der Waals surface area contributed by atoms with E-state index in [2.05, 4.69) is 5.32 Å². The van der Waals surface area contributed by atoms with Crippen LogP contribution in [0.5, 0.6) is 5.75 Å². The number of hydrogen-bond donors (Lipinski definition) is 2. The number of methoxy groups -OCH3 is 1. The second-order valence-electron chi connectivity index (χ2n) is 6.91. The maximum absolute atomic E-state index is 13.2. The molecule has 0 aliphatic rings. The molecular formula is C20H25FN3O4+. The molecule has 0 bridgehead atoms. The SMILES string of the molecule is COc1cc(NC(=O)C[NH2+][C@H](c2ccc(F)cc2)C(C)C)c(C)cc1[N+](=O)[O-]. The number of hydrogen-bond acceptors (Lipinski definition) is 4. The van der Waals surface area contributed by atoms with Crippen molar-refractivity contribution < 1.29 is 24.2 Å². The van der Waals surface area contributed by atoms with Crippen molar-refractivity contribution in [1.82, 2.24) is 0 Å². The van der Waals surface area contributed by atoms with Crippen molar-refractivity contribution in [2.75, 3.05) is 19.0 Å². The third kappa shape index (κ3) is 5.26. The van der Waals surface area contributed by atoms with Crippen LogP contribution in [0.2, 0.25) is 0 Å². The first-order chi connectivity index (χ1) is 13.2. The highest BCUT2D eigenvalue weighted by molar-refractivity contribution is 5.92. The highest BCUT2D eigenvalue weighted by Crippen LogP contribution is 2.32. The van der Waals surface area contributed by atoms with Gasteiger partial charge in [0.25, 0.3) is 5.91 Å². The van der Waals surface area contributed by atoms with E-state index in [9.17, 15) is 19.3 Å². The molecule has 0 heterocycles. The molecule has 1 atom stereocenters. The number of nitrogens with zero attached hydrogens (tertiary/aromatic N) is 1. The smallest absolute Gasteiger partial charge is 0.311 e. The zero-order valence-electron chi connectivity index (χ0n) is 16.4. The molecular weight excluding hydrogens is 365 g/mol. The zero-order valence-corrected chi connectivity index (χ0v) is 16.4. The van der Waals surface area contributed by atoms with Crippen LogP contribution in [0, 0.1) is 28.8 Å². The topological polar surface area (TPSA) is 98.1 Å². The molecule has 0 saturated heterocycles. The molecule has 0 radical (unpaired) electrons. The van der Waals surface area contributed by atoms with E-state index in [4.69, 9.17) is 4.74 Å². The van der Waals surface area contributed by atoms with Crippen LogP contribution >= 0.6 is 0 Å². The molecule has 0 unspecified atom stereocenters. The van der Waals surface area contributed by atoms with Crippen molar-refractivity contribution in [2.24, 2.45) is 5.92 Å². The van der Waals surface area contributed by atoms with Gasteiger partial charge in [-0.3, -0.25) is 14.9 Å². The molecule has 0 aromatic heterocycles. The molecule has 0 aliphatic heterocycles. The van der Waals surface area contributed by atoms with E-state index in [1.54, 1.807) is 19.1 Å². The van der Waals surface area contributed by atoms with Gasteiger partial charge in [0, 0.05) is 29.3 Å². The van der Waals surface area contributed by atoms with E-state index in [1.807, 2.05) is 19.2 Å². The van der Waals surface area contributed by atoms with Gasteiger partial charge in [-0.05, 0) is 24.6 Å². The Hall–Kier alpha value is -3.00. The number of amides is 1. The average Bonchev–Trinajstić information content (AvgIpc) is 2.64. The molecule has 0 saturated carbocycles. The number of benzene rings is 2. The Labute approximate surface area is 163 Å². The van der Waals surface area contributed by atoms with Crippen molar-refractivity contribution in [2.45, 2.75) is 26.8 Å². The van der Waals surface area contributed by atoms with E-state index in [0.717, 1.165) is 5.56 Å². The Bertz CT molecular complexity index is 853. The largest absolute Gasteiger partial charge is 0.490 e. The summed E-state index contributed by atoms with van der Waals surface area (Å²) in [7, 11) is 1.34. The van der Waals surface area contributed by atoms with Gasteiger partial charge in [-0.2, -0.15) is 0 Å². The minimum absolute atomic E-state index is 0.00107. The van der Waals surface area contributed by atoms with Gasteiger partial charge >= 0.3 is 5.69 Å². The van der Waals surface area contributed by atoms with Gasteiger partial charge in [0.05, 0.1) is 12.0 Å². The Balaban J connectivity index is 2.08. The number of quaternary nitrogens is 1. The van der Waals surface area contributed by atoms with Gasteiger partial charge in [-0.25, -0.2) is 4.39 Å². The third-order valence-corrected chi connectivity index (χ3v) is 4.53. The molecule has 0 fully saturated rings. The lowest BCUT2D eigenvalue weighted by Crippen LogP contribution is -2.88. The minimum atomic E-state index is -0.527. The van der Waals surface area contributed by atoms with Crippen LogP contribution < -0.4 is 15.4 Å². The maximum Gasteiger partial charge on any atom is 0.311 e. The quantitative estimate of drug-likeness (QED) is 0.535. The molecule has 3 N–H and O–H groups in total. The van der Waals surface area contributed by atoms with Crippen molar-refractivity contribution in [1.29, 1.82) is 0 Å². The standard InChI is InChI=1S/C20H24FN3O4/c1-12(2)20(14-5-7-15(21)8-6-14)22-11-19(25)23-16-10-18(28-4)17(24(26)27)9-13(16)3/h5-10,12,20,22H,11H2,1-4H3,(H,23,25)/p+1/t20-/m0/s1. The molecule has 8 heteroatoms. The minimum Gasteiger partial charge on any atom is -0.490 e. The number of carbonyl (C=O) groups is 1. The first kappa shape index (κ1) is 21.3. The molecule has 1 amide bonds. The lowest BCUT2D eigenvalue weighted by molar-refractivity contribution is -0.692. The molecule has 2 rings (SSSR count). The summed E-state index contributed by atoms with van der Waals surface area (Å²) in [5.41, 5.74) is 1.82. The summed E-state index contributed by atoms with van der Waals surface area (Å²) in [5.74, 6) is -0.223. The van der Waals surface area contributed by atoms with Crippen LogP contribution in [0.15, 0.2) is 36.4 Å². The predicted octanol–water partition coefficient (Wildman–Crippen LogP) is 2.95. The Kier molecular flexibility index (Phi) is 7.06. The monoisotopic (exact) mass is 390 g/mol. The van der Waals surface area contributed by atoms with Gasteiger partial charge in [0.2, 0.25) is 0 Å². The number of nitro benzene ring substituents is 1. The number of anilines is 1. The molecule has 28 heavy (non-hydrogen) atoms. The van der Waals surface area contributed by atoms with Crippen LogP contribution in [0.3, 0.4) is 0 Å². The van der Waals surface area contributed by atoms with Crippen molar-refractivity contribution >= 4 is 17.3 Å². The van der Waals surface area contributed by atoms with Crippen LogP contribution in [0.1, 0.15) is 31.0 Å². The molecule has 0 spiro atoms. The summed E-state index contributed by atoms with van der Waals surface area (Å²) < 4.78 is 18.2. The molecule has 7 nitrogen and oxygen atoms in total. The van der Waals surface area contributed by atoms with Crippen LogP contribution in [-0.4, -0.2) is 24.5 Å². The molecule has 150 valence electrons. The second kappa shape index (κ2) is 9.27. The summed E-state index contributed by atoms with van der Waals surface area (Å²) in [6.07, 6.45) is 0. The first-order valence-electron chi connectivity index (χ1n) is 8.94. The molecule has 2 aromatic rings. The Morgan fingerprint density at radius 2 is 1.93 bits per heavy atom. The number of ether oxygens (including phenoxy) is 1. The number of aryl methyl sites for hydroxylation is 1. The van der Waals surface area contributed by atoms with Gasteiger partial charge in [0.15, 0.2) is 12.3 Å². The summed E-state index contributed by atoms with van der Waals surface area (Å²) >= 11 is 0. The number of nitrogens with one attached hydrogen (secondary N) is 1. The van der Waals surface area contributed by atoms with Gasteiger partial charge in [0.1, 0.15) is 11.9 Å². The van der Waals surface area contributed by atoms with Crippen molar-refractivity contribution in [3.05, 3.63) is 63.5 Å². The van der Waals surface area contributed by atoms with E-state index >= 15 is 0 Å². The number of halogens is 1. The first-order valence-corrected chi connectivity index (χ1v) is 8.94. The second-order valence-corrected chi connectivity index (χ2v) is 6.91. The van der Waals surface area contributed by atoms with E-state index < -0.39 is 4.92 Å². The van der Waals surface area contributed by atoms with E-state index in [-0.39, 0.29) is 41.7 Å². The van der Waals surface area contributed by atoms with Crippen molar-refractivity contribution in [3.63, 3.8) is 0 Å². The van der Waals surface area contributed by atoms with Crippen LogP contribution in [0.4, 0.5) is 15.8 Å². The van der Waals surface area contributed by atoms with Crippen molar-refractivity contribution in [3.8, 4) is 5.75 Å². The van der Waals surface area contributed by atoms with Gasteiger partial charge in [-0.15, -0.1) is 0 Å². The third-order valence-electron chi connectivity index (χ3n) is 4.53. The summed E-state index contributed by atoms with van der Waals surface area (Å²) in [6, 6.07) is 9.08. The van der Waals surface area contributed by atoms with Gasteiger partial charge in [-0.1, -0.05) is 26.0 Å². The lowest BCUT2D eigenvalue weighted by atomic mass is 9.96. The highest BCUT2D eigenvalue weighted by atomic mass is 19.1. The molecule has 0 aliphatic carbocycles. The summed E-state index contributed by atoms with van der Waals surface area (Å²) in [5, 5.41) is 15.7. The number of nitrogens with two attached hydrogens (primary N) is 1. The predicted molar refractivity (Wildman–Crippen MR) is 104 cm³/mol.